The minimum atomic E-state index is -5.09. The number of aliphatic hydroxyl groups excluding tert-OH is 4. The smallest absolute Gasteiger partial charge is 0.394 e. The van der Waals surface area contributed by atoms with E-state index in [9.17, 15) is 38.2 Å². The van der Waals surface area contributed by atoms with Crippen molar-refractivity contribution in [3.05, 3.63) is 12.2 Å². The van der Waals surface area contributed by atoms with Crippen LogP contribution < -0.4 is 5.32 Å². The normalized spacial score (nSPS) is 18.5. The number of carbonyl (C=O) groups is 1. The molecule has 12 nitrogen and oxygen atoms in total. The zero-order valence-electron chi connectivity index (χ0n) is 52.9. The molecule has 81 heavy (non-hydrogen) atoms. The lowest BCUT2D eigenvalue weighted by atomic mass is 9.99. The Balaban J connectivity index is 2.16. The second-order valence-electron chi connectivity index (χ2n) is 24.8. The lowest BCUT2D eigenvalue weighted by Crippen LogP contribution is -2.61. The van der Waals surface area contributed by atoms with E-state index in [1.807, 2.05) is 6.08 Å². The van der Waals surface area contributed by atoms with Crippen LogP contribution in [0.4, 0.5) is 0 Å². The van der Waals surface area contributed by atoms with E-state index in [0.29, 0.717) is 6.42 Å². The molecule has 1 heterocycles. The quantitative estimate of drug-likeness (QED) is 0.0193. The fourth-order valence-corrected chi connectivity index (χ4v) is 12.2. The van der Waals surface area contributed by atoms with Crippen molar-refractivity contribution in [2.24, 2.45) is 0 Å². The molecule has 0 aromatic rings. The van der Waals surface area contributed by atoms with Gasteiger partial charge in [-0.25, -0.2) is 4.18 Å². The number of rotatable bonds is 63. The molecule has 0 spiro atoms. The van der Waals surface area contributed by atoms with Gasteiger partial charge in [0.25, 0.3) is 0 Å². The number of ether oxygens (including phenoxy) is 2. The number of unbranched alkanes of at least 4 members (excludes halogenated alkanes) is 51. The first-order valence-corrected chi connectivity index (χ1v) is 36.4. The molecular formula is C68H133NO11S. The molecule has 6 N–H and O–H groups in total. The molecule has 7 unspecified atom stereocenters. The Hall–Kier alpha value is -1.16. The summed E-state index contributed by atoms with van der Waals surface area (Å²) in [6.45, 7) is 3.46. The summed E-state index contributed by atoms with van der Waals surface area (Å²) in [5, 5.41) is 45.1. The molecule has 7 atom stereocenters. The highest BCUT2D eigenvalue weighted by Crippen LogP contribution is 2.26. The number of aliphatic hydroxyl groups is 4. The van der Waals surface area contributed by atoms with Crippen molar-refractivity contribution < 1.29 is 51.8 Å². The summed E-state index contributed by atoms with van der Waals surface area (Å²) in [5.41, 5.74) is 0. The standard InChI is InChI=1S/C68H133NO11S/c1-3-5-7-9-11-13-15-17-19-21-22-23-24-25-26-27-28-29-30-31-32-33-34-35-36-37-38-39-40-42-44-46-48-50-52-54-56-58-64(72)69-61(60-78-68-66(74)67(80-81(75,76)77)65(73)63(59-70)79-68)62(71)57-55-53-51-49-47-45-43-41-20-18-16-14-12-10-8-6-4-2/h55,57,61-63,65-68,70-71,73-74H,3-54,56,58-60H2,1-2H3,(H,69,72)(H,75,76,77)/b57-55+. The Bertz CT molecular complexity index is 1470. The number of allylic oxidation sites excluding steroid dienone is 1. The van der Waals surface area contributed by atoms with Crippen LogP contribution in [0.2, 0.25) is 0 Å². The third-order valence-electron chi connectivity index (χ3n) is 17.1. The van der Waals surface area contributed by atoms with Gasteiger partial charge in [-0.2, -0.15) is 8.42 Å². The van der Waals surface area contributed by atoms with Gasteiger partial charge in [0.1, 0.15) is 24.4 Å². The van der Waals surface area contributed by atoms with Crippen molar-refractivity contribution >= 4 is 16.3 Å². The summed E-state index contributed by atoms with van der Waals surface area (Å²) < 4.78 is 48.0. The zero-order valence-corrected chi connectivity index (χ0v) is 53.7. The highest BCUT2D eigenvalue weighted by Gasteiger charge is 2.48. The number of carbonyl (C=O) groups excluding carboxylic acids is 1. The fraction of sp³-hybridized carbons (Fsp3) is 0.956. The van der Waals surface area contributed by atoms with Gasteiger partial charge in [0.2, 0.25) is 5.91 Å². The van der Waals surface area contributed by atoms with Crippen LogP contribution in [0, 0.1) is 0 Å². The van der Waals surface area contributed by atoms with Crippen molar-refractivity contribution in [3.63, 3.8) is 0 Å². The van der Waals surface area contributed by atoms with E-state index in [4.69, 9.17) is 9.47 Å². The van der Waals surface area contributed by atoms with E-state index in [1.165, 1.54) is 295 Å². The molecule has 1 saturated heterocycles. The third-order valence-corrected chi connectivity index (χ3v) is 17.5. The van der Waals surface area contributed by atoms with Crippen LogP contribution in [0.25, 0.3) is 0 Å². The SMILES string of the molecule is CCCCCCCCCCCCCCCCC/C=C/C(O)C(COC1OC(CO)C(O)C(OS(=O)(=O)O)C1O)NC(=O)CCCCCCCCCCCCCCCCCCCCCCCCCCCCCCCCCCCCCCC. The molecule has 0 aliphatic carbocycles. The van der Waals surface area contributed by atoms with Gasteiger partial charge in [0, 0.05) is 6.42 Å². The number of amides is 1. The van der Waals surface area contributed by atoms with Gasteiger partial charge >= 0.3 is 10.4 Å². The molecule has 0 bridgehead atoms. The molecule has 482 valence electrons. The van der Waals surface area contributed by atoms with Crippen LogP contribution in [0.3, 0.4) is 0 Å². The molecule has 1 amide bonds. The number of nitrogens with one attached hydrogen (secondary N) is 1. The first-order valence-electron chi connectivity index (χ1n) is 35.1. The first-order chi connectivity index (χ1) is 39.5. The summed E-state index contributed by atoms with van der Waals surface area (Å²) in [5.74, 6) is -0.254. The van der Waals surface area contributed by atoms with E-state index >= 15 is 0 Å². The van der Waals surface area contributed by atoms with Crippen molar-refractivity contribution in [2.75, 3.05) is 13.2 Å². The predicted octanol–water partition coefficient (Wildman–Crippen LogP) is 18.1. The van der Waals surface area contributed by atoms with Crippen molar-refractivity contribution in [1.29, 1.82) is 0 Å². The number of hydrogen-bond acceptors (Lipinski definition) is 10. The van der Waals surface area contributed by atoms with Crippen molar-refractivity contribution in [2.45, 2.75) is 403 Å². The Morgan fingerprint density at radius 1 is 0.481 bits per heavy atom. The van der Waals surface area contributed by atoms with E-state index in [1.54, 1.807) is 6.08 Å². The van der Waals surface area contributed by atoms with Crippen molar-refractivity contribution in [1.82, 2.24) is 5.32 Å². The van der Waals surface area contributed by atoms with Gasteiger partial charge in [-0.15, -0.1) is 0 Å². The van der Waals surface area contributed by atoms with Crippen LogP contribution in [0.15, 0.2) is 12.2 Å². The van der Waals surface area contributed by atoms with E-state index in [2.05, 4.69) is 23.3 Å². The summed E-state index contributed by atoms with van der Waals surface area (Å²) in [6, 6.07) is -0.941. The molecule has 13 heteroatoms. The van der Waals surface area contributed by atoms with Gasteiger partial charge in [-0.05, 0) is 19.3 Å². The predicted molar refractivity (Wildman–Crippen MR) is 338 cm³/mol. The Morgan fingerprint density at radius 2 is 0.778 bits per heavy atom. The van der Waals surface area contributed by atoms with Crippen LogP contribution in [0.1, 0.15) is 361 Å². The van der Waals surface area contributed by atoms with Gasteiger partial charge < -0.3 is 35.2 Å². The second kappa shape index (κ2) is 57.9. The van der Waals surface area contributed by atoms with E-state index < -0.39 is 59.9 Å². The van der Waals surface area contributed by atoms with Gasteiger partial charge in [-0.3, -0.25) is 9.35 Å². The van der Waals surface area contributed by atoms with Crippen LogP contribution in [0.5, 0.6) is 0 Å². The minimum absolute atomic E-state index is 0.254. The molecular weight excluding hydrogens is 1040 g/mol. The average molecular weight is 1170 g/mol. The summed E-state index contributed by atoms with van der Waals surface area (Å²) >= 11 is 0. The van der Waals surface area contributed by atoms with Crippen LogP contribution >= 0.6 is 0 Å². The maximum atomic E-state index is 13.2. The van der Waals surface area contributed by atoms with Gasteiger partial charge in [0.05, 0.1) is 25.4 Å². The fourth-order valence-electron chi connectivity index (χ4n) is 11.7. The minimum Gasteiger partial charge on any atom is -0.394 e. The highest BCUT2D eigenvalue weighted by atomic mass is 32.3. The molecule has 1 aliphatic heterocycles. The lowest BCUT2D eigenvalue weighted by molar-refractivity contribution is -0.298. The zero-order chi connectivity index (χ0) is 59.0. The molecule has 0 radical (unpaired) electrons. The molecule has 1 fully saturated rings. The first kappa shape index (κ1) is 77.9. The average Bonchev–Trinajstić information content (AvgIpc) is 3.51. The van der Waals surface area contributed by atoms with E-state index in [0.717, 1.165) is 38.5 Å². The Kier molecular flexibility index (Phi) is 55.6. The molecule has 0 aromatic heterocycles. The highest BCUT2D eigenvalue weighted by molar-refractivity contribution is 7.80. The third kappa shape index (κ3) is 49.6. The van der Waals surface area contributed by atoms with Gasteiger partial charge in [-0.1, -0.05) is 347 Å². The monoisotopic (exact) mass is 1170 g/mol. The maximum absolute atomic E-state index is 13.2. The molecule has 1 rings (SSSR count). The maximum Gasteiger partial charge on any atom is 0.397 e. The molecule has 0 aromatic carbocycles. The Morgan fingerprint density at radius 3 is 1.07 bits per heavy atom. The van der Waals surface area contributed by atoms with Crippen LogP contribution in [-0.4, -0.2) is 95.4 Å². The number of hydrogen-bond donors (Lipinski definition) is 6. The summed E-state index contributed by atoms with van der Waals surface area (Å²) in [4.78, 5) is 13.2. The van der Waals surface area contributed by atoms with Crippen LogP contribution in [-0.2, 0) is 28.9 Å². The second-order valence-corrected chi connectivity index (χ2v) is 25.9. The lowest BCUT2D eigenvalue weighted by Gasteiger charge is -2.41. The largest absolute Gasteiger partial charge is 0.397 e. The Labute approximate surface area is 500 Å². The molecule has 1 aliphatic rings. The summed E-state index contributed by atoms with van der Waals surface area (Å²) in [7, 11) is -5.09. The van der Waals surface area contributed by atoms with E-state index in [-0.39, 0.29) is 18.9 Å². The topological polar surface area (TPSA) is 192 Å². The van der Waals surface area contributed by atoms with Gasteiger partial charge in [0.15, 0.2) is 6.29 Å². The summed E-state index contributed by atoms with van der Waals surface area (Å²) in [6.07, 6.45) is 64.5. The molecule has 0 saturated carbocycles. The van der Waals surface area contributed by atoms with Crippen molar-refractivity contribution in [3.8, 4) is 0 Å².